The van der Waals surface area contributed by atoms with Gasteiger partial charge in [0.1, 0.15) is 18.2 Å². The van der Waals surface area contributed by atoms with Gasteiger partial charge < -0.3 is 27.8 Å². The lowest BCUT2D eigenvalue weighted by Crippen LogP contribution is -2.70. The van der Waals surface area contributed by atoms with Gasteiger partial charge in [0.05, 0.1) is 12.7 Å². The number of carbonyl (C=O) groups is 1. The molecule has 0 unspecified atom stereocenters. The van der Waals surface area contributed by atoms with Gasteiger partial charge in [-0.2, -0.15) is 13.2 Å². The number of ether oxygens (including phenoxy) is 1. The van der Waals surface area contributed by atoms with Crippen LogP contribution < -0.4 is 5.32 Å². The monoisotopic (exact) mass is 605 g/mol. The summed E-state index contributed by atoms with van der Waals surface area (Å²) in [5.41, 5.74) is 0. The van der Waals surface area contributed by atoms with Crippen LogP contribution in [0.25, 0.3) is 0 Å². The Morgan fingerprint density at radius 3 is 1.62 bits per heavy atom. The molecule has 0 aromatic rings. The second-order valence-corrected chi connectivity index (χ2v) is 32.4. The average Bonchev–Trinajstić information content (AvgIpc) is 2.60. The van der Waals surface area contributed by atoms with Crippen molar-refractivity contribution >= 4 is 39.2 Å². The van der Waals surface area contributed by atoms with Gasteiger partial charge in [-0.3, -0.25) is 4.79 Å². The second-order valence-electron chi connectivity index (χ2n) is 14.2. The summed E-state index contributed by atoms with van der Waals surface area (Å²) in [6.45, 7) is 28.3. The van der Waals surface area contributed by atoms with Crippen LogP contribution in [0.4, 0.5) is 13.2 Å². The van der Waals surface area contributed by atoms with Gasteiger partial charge in [0.25, 0.3) is 0 Å². The van der Waals surface area contributed by atoms with Gasteiger partial charge in [-0.15, -0.1) is 0 Å². The van der Waals surface area contributed by atoms with Crippen LogP contribution >= 0.6 is 0 Å². The molecule has 14 heteroatoms. The molecule has 1 N–H and O–H groups in total. The Kier molecular flexibility index (Phi) is 11.2. The van der Waals surface area contributed by atoms with E-state index in [1.165, 1.54) is 0 Å². The number of alkyl halides is 3. The van der Waals surface area contributed by atoms with E-state index in [0.29, 0.717) is 0 Å². The van der Waals surface area contributed by atoms with Crippen molar-refractivity contribution in [3.05, 3.63) is 0 Å². The fourth-order valence-corrected chi connectivity index (χ4v) is 7.42. The third-order valence-corrected chi connectivity index (χ3v) is 13.5. The summed E-state index contributed by atoms with van der Waals surface area (Å²) in [6.07, 6.45) is -8.53. The highest BCUT2D eigenvalue weighted by Crippen LogP contribution is 2.40. The molecule has 1 rings (SSSR count). The van der Waals surface area contributed by atoms with Crippen LogP contribution in [0.5, 0.6) is 0 Å². The topological polar surface area (TPSA) is 75.2 Å². The number of hydrogen-bond acceptors (Lipinski definition) is 6. The number of rotatable bonds is 10. The molecule has 0 aromatic carbocycles. The molecule has 0 bridgehead atoms. The molecule has 0 aromatic heterocycles. The van der Waals surface area contributed by atoms with E-state index in [-0.39, 0.29) is 11.6 Å². The van der Waals surface area contributed by atoms with Gasteiger partial charge >= 0.3 is 12.1 Å². The number of carbonyl (C=O) groups excluding carboxylic acids is 1. The Morgan fingerprint density at radius 2 is 1.24 bits per heavy atom. The molecular weight excluding hydrogens is 556 g/mol. The number of nitrogens with one attached hydrogen (secondary N) is 1. The Labute approximate surface area is 226 Å². The lowest BCUT2D eigenvalue weighted by Gasteiger charge is -2.52. The van der Waals surface area contributed by atoms with E-state index in [2.05, 4.69) is 25.0 Å². The minimum atomic E-state index is -5.07. The molecule has 1 fully saturated rings. The average molecular weight is 606 g/mol. The van der Waals surface area contributed by atoms with Crippen LogP contribution in [-0.4, -0.2) is 82.6 Å². The first-order valence-corrected chi connectivity index (χ1v) is 26.0. The highest BCUT2D eigenvalue weighted by Gasteiger charge is 2.55. The number of hydrogen-bond donors (Lipinski definition) is 1. The van der Waals surface area contributed by atoms with E-state index < -0.39 is 76.0 Å². The molecular formula is C23H50F3NO6Si4. The van der Waals surface area contributed by atoms with E-state index in [1.807, 2.05) is 73.1 Å². The van der Waals surface area contributed by atoms with Gasteiger partial charge in [-0.25, -0.2) is 0 Å². The van der Waals surface area contributed by atoms with Crippen molar-refractivity contribution in [1.82, 2.24) is 5.32 Å². The van der Waals surface area contributed by atoms with Crippen molar-refractivity contribution < 1.29 is 40.4 Å². The third kappa shape index (κ3) is 11.5. The first-order valence-electron chi connectivity index (χ1n) is 12.8. The van der Waals surface area contributed by atoms with Crippen molar-refractivity contribution in [2.45, 2.75) is 135 Å². The minimum absolute atomic E-state index is 0.188. The molecule has 1 heterocycles. The van der Waals surface area contributed by atoms with Crippen LogP contribution in [-0.2, 0) is 27.2 Å². The zero-order valence-corrected chi connectivity index (χ0v) is 29.2. The molecule has 5 atom stereocenters. The summed E-state index contributed by atoms with van der Waals surface area (Å²) in [5, 5.41) is 1.92. The SMILES string of the molecule is CC(C)(C)[Si](C)(C)O[C@@H]1O[C@H](CO[Si](C)(C)C)[C@@H](O[Si](C)(C)C)[C@H](O[Si](C)(C)C)[C@H]1NC(=O)C(F)(F)F. The Bertz CT molecular complexity index is 773. The third-order valence-electron chi connectivity index (χ3n) is 6.08. The fourth-order valence-electron chi connectivity index (χ4n) is 3.42. The largest absolute Gasteiger partial charge is 0.471 e. The van der Waals surface area contributed by atoms with E-state index in [9.17, 15) is 18.0 Å². The maximum absolute atomic E-state index is 13.5. The van der Waals surface area contributed by atoms with Crippen molar-refractivity contribution in [1.29, 1.82) is 0 Å². The molecule has 1 aliphatic heterocycles. The van der Waals surface area contributed by atoms with Crippen LogP contribution in [0.15, 0.2) is 0 Å². The maximum Gasteiger partial charge on any atom is 0.471 e. The van der Waals surface area contributed by atoms with Crippen LogP contribution in [0.1, 0.15) is 20.8 Å². The van der Waals surface area contributed by atoms with Crippen LogP contribution in [0, 0.1) is 0 Å². The summed E-state index contributed by atoms with van der Waals surface area (Å²) in [6, 6.07) is -1.22. The van der Waals surface area contributed by atoms with E-state index in [0.717, 1.165) is 0 Å². The lowest BCUT2D eigenvalue weighted by molar-refractivity contribution is -0.242. The van der Waals surface area contributed by atoms with Crippen molar-refractivity contribution in [2.75, 3.05) is 6.61 Å². The van der Waals surface area contributed by atoms with Gasteiger partial charge in [0.15, 0.2) is 39.6 Å². The zero-order chi connectivity index (χ0) is 29.4. The number of amides is 1. The van der Waals surface area contributed by atoms with Crippen molar-refractivity contribution in [3.8, 4) is 0 Å². The summed E-state index contributed by atoms with van der Waals surface area (Å²) in [4.78, 5) is 12.3. The van der Waals surface area contributed by atoms with Crippen LogP contribution in [0.3, 0.4) is 0 Å². The summed E-state index contributed by atoms with van der Waals surface area (Å²) >= 11 is 0. The molecule has 220 valence electrons. The smallest absolute Gasteiger partial charge is 0.415 e. The van der Waals surface area contributed by atoms with Gasteiger partial charge in [0.2, 0.25) is 0 Å². The van der Waals surface area contributed by atoms with E-state index in [1.54, 1.807) is 0 Å². The zero-order valence-electron chi connectivity index (χ0n) is 25.2. The molecule has 7 nitrogen and oxygen atoms in total. The molecule has 37 heavy (non-hydrogen) atoms. The normalized spacial score (nSPS) is 26.8. The highest BCUT2D eigenvalue weighted by molar-refractivity contribution is 6.74. The molecule has 1 aliphatic rings. The van der Waals surface area contributed by atoms with Gasteiger partial charge in [-0.05, 0) is 77.1 Å². The predicted molar refractivity (Wildman–Crippen MR) is 151 cm³/mol. The molecule has 0 spiro atoms. The lowest BCUT2D eigenvalue weighted by atomic mass is 9.97. The second kappa shape index (κ2) is 11.8. The highest BCUT2D eigenvalue weighted by atomic mass is 28.4. The molecule has 0 aliphatic carbocycles. The molecule has 1 amide bonds. The quantitative estimate of drug-likeness (QED) is 0.305. The molecule has 0 radical (unpaired) electrons. The summed E-state index contributed by atoms with van der Waals surface area (Å²) in [5.74, 6) is -2.06. The van der Waals surface area contributed by atoms with Crippen molar-refractivity contribution in [2.24, 2.45) is 0 Å². The fraction of sp³-hybridized carbons (Fsp3) is 0.957. The van der Waals surface area contributed by atoms with Gasteiger partial charge in [-0.1, -0.05) is 20.8 Å². The summed E-state index contributed by atoms with van der Waals surface area (Å²) < 4.78 is 72.6. The summed E-state index contributed by atoms with van der Waals surface area (Å²) in [7, 11) is -9.10. The molecule has 0 saturated carbocycles. The maximum atomic E-state index is 13.5. The van der Waals surface area contributed by atoms with Crippen molar-refractivity contribution in [3.63, 3.8) is 0 Å². The van der Waals surface area contributed by atoms with E-state index >= 15 is 0 Å². The van der Waals surface area contributed by atoms with E-state index in [4.69, 9.17) is 22.4 Å². The predicted octanol–water partition coefficient (Wildman–Crippen LogP) is 6.07. The van der Waals surface area contributed by atoms with Crippen LogP contribution in [0.2, 0.25) is 77.1 Å². The minimum Gasteiger partial charge on any atom is -0.415 e. The first kappa shape index (κ1) is 35.0. The Morgan fingerprint density at radius 1 is 0.784 bits per heavy atom. The first-order chi connectivity index (χ1) is 16.1. The Hall–Kier alpha value is -0.0725. The molecule has 1 saturated heterocycles. The number of halogens is 3. The van der Waals surface area contributed by atoms with Gasteiger partial charge in [0, 0.05) is 0 Å². The Balaban J connectivity index is 3.69. The standard InChI is InChI=1S/C23H50F3NO6Si4/c1-22(2,3)37(13,14)33-20-17(27-21(28)23(24,25)26)19(32-36(10,11)12)18(31-35(7,8)9)16(30-20)15-29-34(4,5)6/h16-20H,15H2,1-14H3,(H,27,28)/t16-,17-,18-,19-,20+/m1/s1.